The van der Waals surface area contributed by atoms with Gasteiger partial charge in [0.25, 0.3) is 6.10 Å². The van der Waals surface area contributed by atoms with Crippen LogP contribution < -0.4 is 20.1 Å². The van der Waals surface area contributed by atoms with Gasteiger partial charge in [-0.2, -0.15) is 4.68 Å². The van der Waals surface area contributed by atoms with Crippen LogP contribution in [0.15, 0.2) is 52.3 Å². The van der Waals surface area contributed by atoms with Crippen LogP contribution in [0.1, 0.15) is 80.8 Å². The van der Waals surface area contributed by atoms with Crippen molar-refractivity contribution in [2.45, 2.75) is 111 Å². The Hall–Kier alpha value is -5.88. The van der Waals surface area contributed by atoms with Crippen LogP contribution >= 0.6 is 11.3 Å². The van der Waals surface area contributed by atoms with Crippen molar-refractivity contribution in [3.05, 3.63) is 58.2 Å². The molecule has 0 aliphatic rings. The predicted molar refractivity (Wildman–Crippen MR) is 210 cm³/mol. The van der Waals surface area contributed by atoms with Crippen molar-refractivity contribution in [3.63, 3.8) is 0 Å². The number of rotatable bonds is 18. The smallest absolute Gasteiger partial charge is 0.413 e. The Kier molecular flexibility index (Phi) is 16.2. The number of oxime groups is 1. The number of ether oxygens (including phenoxy) is 4. The van der Waals surface area contributed by atoms with Crippen LogP contribution in [-0.2, 0) is 41.7 Å². The number of hydrogen-bond acceptors (Lipinski definition) is 13. The number of hydrogen-bond donors (Lipinski definition) is 3. The number of nitrogens with one attached hydrogen (secondary N) is 2. The molecular weight excluding hydrogens is 763 g/mol. The van der Waals surface area contributed by atoms with Gasteiger partial charge in [-0.25, -0.2) is 24.2 Å². The Labute approximate surface area is 334 Å². The van der Waals surface area contributed by atoms with Gasteiger partial charge >= 0.3 is 24.1 Å². The molecule has 19 nitrogen and oxygen atoms in total. The number of aliphatic carboxylic acids is 1. The molecular formula is C37H52N9O10S+. The molecule has 0 fully saturated rings. The third kappa shape index (κ3) is 16.8. The van der Waals surface area contributed by atoms with Crippen molar-refractivity contribution in [2.75, 3.05) is 25.0 Å². The topological polar surface area (TPSA) is 242 Å². The zero-order valence-electron chi connectivity index (χ0n) is 33.7. The van der Waals surface area contributed by atoms with Crippen LogP contribution in [-0.4, -0.2) is 87.2 Å². The summed E-state index contributed by atoms with van der Waals surface area (Å²) in [7, 11) is 0. The van der Waals surface area contributed by atoms with Gasteiger partial charge in [-0.15, -0.1) is 16.0 Å². The van der Waals surface area contributed by atoms with Crippen LogP contribution in [0.25, 0.3) is 21.6 Å². The fourth-order valence-corrected chi connectivity index (χ4v) is 5.38. The highest BCUT2D eigenvalue weighted by Crippen LogP contribution is 2.23. The fourth-order valence-electron chi connectivity index (χ4n) is 4.70. The van der Waals surface area contributed by atoms with Gasteiger partial charge in [0.1, 0.15) is 34.9 Å². The minimum Gasteiger partial charge on any atom is -0.489 e. The lowest BCUT2D eigenvalue weighted by atomic mass is 10.1. The number of benzene rings is 1. The summed E-state index contributed by atoms with van der Waals surface area (Å²) in [6.07, 6.45) is 2.46. The predicted octanol–water partition coefficient (Wildman–Crippen LogP) is 6.46. The number of aryl methyl sites for hydroxylation is 2. The SMILES string of the molecule is CC(C)(C)OC(=O)NCCCn1cc(-c2ccc(OC[C@H](O/N=C(\C(=O)O)c3csc(NC(=O)OC(C)(C)C)n3)C(=O)OC(C)(C)C)cc2)c[n+]1CCCN=[N+]=[N-]. The summed E-state index contributed by atoms with van der Waals surface area (Å²) in [4.78, 5) is 61.8. The van der Waals surface area contributed by atoms with E-state index in [0.717, 1.165) is 22.5 Å². The van der Waals surface area contributed by atoms with Crippen LogP contribution in [0.5, 0.6) is 5.75 Å². The van der Waals surface area contributed by atoms with Gasteiger partial charge in [0, 0.05) is 29.8 Å². The number of alkyl carbamates (subject to hydrolysis) is 1. The average molecular weight is 815 g/mol. The van der Waals surface area contributed by atoms with Gasteiger partial charge in [0.15, 0.2) is 11.7 Å². The van der Waals surface area contributed by atoms with Gasteiger partial charge in [-0.05, 0) is 92.0 Å². The number of thiazole rings is 1. The van der Waals surface area contributed by atoms with E-state index in [1.54, 1.807) is 74.4 Å². The number of amides is 2. The fraction of sp³-hybridized carbons (Fsp3) is 0.541. The molecule has 57 heavy (non-hydrogen) atoms. The Morgan fingerprint density at radius 2 is 1.60 bits per heavy atom. The van der Waals surface area contributed by atoms with Gasteiger partial charge < -0.3 is 34.2 Å². The second-order valence-corrected chi connectivity index (χ2v) is 16.4. The Bertz CT molecular complexity index is 1920. The molecule has 0 saturated heterocycles. The lowest BCUT2D eigenvalue weighted by Crippen LogP contribution is -2.43. The van der Waals surface area contributed by atoms with Crippen molar-refractivity contribution in [3.8, 4) is 16.9 Å². The number of nitrogens with zero attached hydrogens (tertiary/aromatic N) is 7. The maximum Gasteiger partial charge on any atom is 0.413 e. The first kappa shape index (κ1) is 45.5. The van der Waals surface area contributed by atoms with Crippen molar-refractivity contribution in [1.82, 2.24) is 15.0 Å². The van der Waals surface area contributed by atoms with Crippen LogP contribution in [0.4, 0.5) is 14.7 Å². The maximum absolute atomic E-state index is 13.1. The Morgan fingerprint density at radius 3 is 2.21 bits per heavy atom. The number of carbonyl (C=O) groups excluding carboxylic acids is 3. The van der Waals surface area contributed by atoms with E-state index in [1.165, 1.54) is 5.38 Å². The first-order valence-corrected chi connectivity index (χ1v) is 19.0. The molecule has 3 aromatic rings. The van der Waals surface area contributed by atoms with E-state index in [-0.39, 0.29) is 17.4 Å². The van der Waals surface area contributed by atoms with Gasteiger partial charge in [-0.1, -0.05) is 22.4 Å². The molecule has 0 radical (unpaired) electrons. The molecule has 2 heterocycles. The molecule has 20 heteroatoms. The minimum absolute atomic E-state index is 0.0629. The molecule has 310 valence electrons. The molecule has 2 aromatic heterocycles. The second-order valence-electron chi connectivity index (χ2n) is 15.5. The first-order chi connectivity index (χ1) is 26.6. The normalized spacial score (nSPS) is 12.5. The molecule has 0 aliphatic heterocycles. The summed E-state index contributed by atoms with van der Waals surface area (Å²) in [6.45, 7) is 17.0. The molecule has 2 amide bonds. The molecule has 3 rings (SSSR count). The monoisotopic (exact) mass is 814 g/mol. The van der Waals surface area contributed by atoms with E-state index in [2.05, 4.69) is 30.8 Å². The zero-order valence-corrected chi connectivity index (χ0v) is 34.5. The van der Waals surface area contributed by atoms with Crippen molar-refractivity contribution in [2.24, 2.45) is 10.3 Å². The highest BCUT2D eigenvalue weighted by molar-refractivity contribution is 7.14. The van der Waals surface area contributed by atoms with Crippen LogP contribution in [0.3, 0.4) is 0 Å². The van der Waals surface area contributed by atoms with E-state index in [9.17, 15) is 24.3 Å². The quantitative estimate of drug-likeness (QED) is 0.0145. The summed E-state index contributed by atoms with van der Waals surface area (Å²) >= 11 is 0.943. The second kappa shape index (κ2) is 20.3. The molecule has 0 bridgehead atoms. The molecule has 0 aliphatic carbocycles. The third-order valence-electron chi connectivity index (χ3n) is 6.93. The minimum atomic E-state index is -1.49. The highest BCUT2D eigenvalue weighted by Gasteiger charge is 2.30. The molecule has 1 atom stereocenters. The number of carbonyl (C=O) groups is 4. The van der Waals surface area contributed by atoms with Gasteiger partial charge in [0.2, 0.25) is 11.9 Å². The summed E-state index contributed by atoms with van der Waals surface area (Å²) in [5.41, 5.74) is 7.42. The number of carboxylic acids is 1. The summed E-state index contributed by atoms with van der Waals surface area (Å²) < 4.78 is 25.9. The maximum atomic E-state index is 13.1. The first-order valence-electron chi connectivity index (χ1n) is 18.1. The van der Waals surface area contributed by atoms with E-state index >= 15 is 0 Å². The number of esters is 1. The largest absolute Gasteiger partial charge is 0.489 e. The molecule has 0 saturated carbocycles. The number of azide groups is 1. The summed E-state index contributed by atoms with van der Waals surface area (Å²) in [5, 5.41) is 23.9. The lowest BCUT2D eigenvalue weighted by Gasteiger charge is -2.23. The van der Waals surface area contributed by atoms with Gasteiger partial charge in [0.05, 0.1) is 18.3 Å². The number of aromatic nitrogens is 3. The van der Waals surface area contributed by atoms with Crippen molar-refractivity contribution < 1.29 is 52.8 Å². The molecule has 0 spiro atoms. The van der Waals surface area contributed by atoms with E-state index in [0.29, 0.717) is 44.8 Å². The Balaban J connectivity index is 1.74. The summed E-state index contributed by atoms with van der Waals surface area (Å²) in [6, 6.07) is 7.07. The number of carboxylic acid groups (broad SMARTS) is 1. The molecule has 1 aromatic carbocycles. The summed E-state index contributed by atoms with van der Waals surface area (Å²) in [5.74, 6) is -1.96. The lowest BCUT2D eigenvalue weighted by molar-refractivity contribution is -0.775. The molecule has 0 unspecified atom stereocenters. The van der Waals surface area contributed by atoms with Crippen molar-refractivity contribution >= 4 is 46.3 Å². The van der Waals surface area contributed by atoms with Crippen molar-refractivity contribution in [1.29, 1.82) is 0 Å². The van der Waals surface area contributed by atoms with E-state index in [1.807, 2.05) is 33.9 Å². The Morgan fingerprint density at radius 1 is 0.947 bits per heavy atom. The van der Waals surface area contributed by atoms with Crippen LogP contribution in [0.2, 0.25) is 0 Å². The van der Waals surface area contributed by atoms with E-state index < -0.39 is 52.7 Å². The average Bonchev–Trinajstić information content (AvgIpc) is 3.71. The molecule has 3 N–H and O–H groups in total. The zero-order chi connectivity index (χ0) is 42.4. The highest BCUT2D eigenvalue weighted by atomic mass is 32.1. The number of anilines is 1. The van der Waals surface area contributed by atoms with E-state index in [4.69, 9.17) is 29.3 Å². The van der Waals surface area contributed by atoms with Gasteiger partial charge in [-0.3, -0.25) is 5.32 Å². The standard InChI is InChI=1S/C37H51N9O10S/c1-35(2,3)53-31(49)28(56-43-29(30(47)48)27-23-57-32(41-27)42-34(51)55-37(7,8)9)22-52-26-14-12-24(13-15-26)25-20-45(46(21-25)19-11-17-40-44-38)18-10-16-39-33(50)54-36(4,5)6/h12-15,20-21,23,28H,10-11,16-19,22H2,1-9H3,(H2-,39,41,42,47,48,50,51)/p+1/b43-29-/t28-/m0/s1. The third-order valence-corrected chi connectivity index (χ3v) is 7.69. The van der Waals surface area contributed by atoms with Crippen LogP contribution in [0, 0.1) is 0 Å².